The first-order chi connectivity index (χ1) is 10.0. The lowest BCUT2D eigenvalue weighted by Crippen LogP contribution is -2.32. The zero-order valence-corrected chi connectivity index (χ0v) is 13.2. The second kappa shape index (κ2) is 9.41. The highest BCUT2D eigenvalue weighted by atomic mass is 32.2. The number of amides is 1. The highest BCUT2D eigenvalue weighted by Crippen LogP contribution is 2.06. The maximum absolute atomic E-state index is 11.7. The number of thioether (sulfide) groups is 1. The molecule has 1 aromatic carbocycles. The molecule has 1 amide bonds. The largest absolute Gasteiger partial charge is 0.468 e. The summed E-state index contributed by atoms with van der Waals surface area (Å²) in [5.74, 6) is 0.570. The molecular weight excluding hydrogens is 288 g/mol. The number of nitrogens with two attached hydrogens (primary N) is 1. The van der Waals surface area contributed by atoms with Crippen LogP contribution in [0.15, 0.2) is 24.3 Å². The number of nitrogens with one attached hydrogen (secondary N) is 1. The van der Waals surface area contributed by atoms with Crippen molar-refractivity contribution in [2.45, 2.75) is 25.9 Å². The first-order valence-electron chi connectivity index (χ1n) is 6.76. The van der Waals surface area contributed by atoms with Crippen molar-refractivity contribution in [1.29, 1.82) is 0 Å². The number of carbonyl (C=O) groups is 2. The van der Waals surface area contributed by atoms with Crippen molar-refractivity contribution in [2.24, 2.45) is 5.73 Å². The van der Waals surface area contributed by atoms with E-state index in [1.165, 1.54) is 24.4 Å². The number of hydrogen-bond acceptors (Lipinski definition) is 5. The molecular formula is C15H22N2O3S. The number of rotatable bonds is 8. The highest BCUT2D eigenvalue weighted by Gasteiger charge is 2.13. The molecule has 5 nitrogen and oxygen atoms in total. The van der Waals surface area contributed by atoms with Crippen LogP contribution < -0.4 is 11.1 Å². The fourth-order valence-electron chi connectivity index (χ4n) is 1.60. The molecule has 0 aromatic heterocycles. The molecule has 0 spiro atoms. The number of carbonyl (C=O) groups excluding carboxylic acids is 2. The number of esters is 1. The minimum Gasteiger partial charge on any atom is -0.468 e. The van der Waals surface area contributed by atoms with E-state index in [2.05, 4.69) is 10.1 Å². The van der Waals surface area contributed by atoms with Crippen LogP contribution in [0.3, 0.4) is 0 Å². The maximum atomic E-state index is 11.7. The summed E-state index contributed by atoms with van der Waals surface area (Å²) < 4.78 is 4.53. The second-order valence-corrected chi connectivity index (χ2v) is 5.84. The Bertz CT molecular complexity index is 462. The minimum absolute atomic E-state index is 0.0211. The molecule has 0 aliphatic carbocycles. The van der Waals surface area contributed by atoms with E-state index in [0.29, 0.717) is 24.5 Å². The van der Waals surface area contributed by atoms with Gasteiger partial charge in [0, 0.05) is 6.54 Å². The van der Waals surface area contributed by atoms with Crippen LogP contribution in [0.2, 0.25) is 0 Å². The molecule has 0 saturated carbocycles. The summed E-state index contributed by atoms with van der Waals surface area (Å²) in [6.07, 6.45) is 0.503. The van der Waals surface area contributed by atoms with Gasteiger partial charge in [-0.25, -0.2) is 0 Å². The van der Waals surface area contributed by atoms with Gasteiger partial charge in [-0.1, -0.05) is 29.8 Å². The molecule has 1 unspecified atom stereocenters. The molecule has 0 aliphatic heterocycles. The summed E-state index contributed by atoms with van der Waals surface area (Å²) in [5.41, 5.74) is 7.88. The Balaban J connectivity index is 2.14. The Kier molecular flexibility index (Phi) is 7.85. The third kappa shape index (κ3) is 7.15. The zero-order valence-electron chi connectivity index (χ0n) is 12.4. The SMILES string of the molecule is COC(=O)C(N)CCSCC(=O)NCc1ccc(C)cc1. The Morgan fingerprint density at radius 2 is 2.00 bits per heavy atom. The van der Waals surface area contributed by atoms with Crippen LogP contribution in [0.4, 0.5) is 0 Å². The summed E-state index contributed by atoms with van der Waals surface area (Å²) in [5, 5.41) is 2.86. The van der Waals surface area contributed by atoms with Crippen LogP contribution in [0.1, 0.15) is 17.5 Å². The number of aryl methyl sites for hydroxylation is 1. The van der Waals surface area contributed by atoms with E-state index < -0.39 is 12.0 Å². The van der Waals surface area contributed by atoms with Crippen molar-refractivity contribution >= 4 is 23.6 Å². The molecule has 0 saturated heterocycles. The molecule has 1 atom stereocenters. The average Bonchev–Trinajstić information content (AvgIpc) is 2.49. The third-order valence-corrected chi connectivity index (χ3v) is 3.91. The van der Waals surface area contributed by atoms with Crippen LogP contribution >= 0.6 is 11.8 Å². The van der Waals surface area contributed by atoms with Crippen LogP contribution in [0, 0.1) is 6.92 Å². The van der Waals surface area contributed by atoms with Gasteiger partial charge in [0.1, 0.15) is 6.04 Å². The zero-order chi connectivity index (χ0) is 15.7. The second-order valence-electron chi connectivity index (χ2n) is 4.73. The monoisotopic (exact) mass is 310 g/mol. The van der Waals surface area contributed by atoms with Gasteiger partial charge in [0.2, 0.25) is 5.91 Å². The van der Waals surface area contributed by atoms with Gasteiger partial charge in [0.25, 0.3) is 0 Å². The van der Waals surface area contributed by atoms with Crippen molar-refractivity contribution in [2.75, 3.05) is 18.6 Å². The van der Waals surface area contributed by atoms with Crippen molar-refractivity contribution in [3.8, 4) is 0 Å². The fourth-order valence-corrected chi connectivity index (χ4v) is 2.45. The van der Waals surface area contributed by atoms with E-state index in [1.807, 2.05) is 31.2 Å². The van der Waals surface area contributed by atoms with Gasteiger partial charge in [0.15, 0.2) is 0 Å². The standard InChI is InChI=1S/C15H22N2O3S/c1-11-3-5-12(6-4-11)9-17-14(18)10-21-8-7-13(16)15(19)20-2/h3-6,13H,7-10,16H2,1-2H3,(H,17,18). The summed E-state index contributed by atoms with van der Waals surface area (Å²) in [6.45, 7) is 2.55. The molecule has 3 N–H and O–H groups in total. The first-order valence-corrected chi connectivity index (χ1v) is 7.91. The van der Waals surface area contributed by atoms with Gasteiger partial charge in [0.05, 0.1) is 12.9 Å². The van der Waals surface area contributed by atoms with E-state index in [4.69, 9.17) is 5.73 Å². The summed E-state index contributed by atoms with van der Waals surface area (Å²) >= 11 is 1.46. The Morgan fingerprint density at radius 1 is 1.33 bits per heavy atom. The van der Waals surface area contributed by atoms with Crippen molar-refractivity contribution in [3.63, 3.8) is 0 Å². The number of benzene rings is 1. The highest BCUT2D eigenvalue weighted by molar-refractivity contribution is 7.99. The Labute approximate surface area is 129 Å². The molecule has 1 rings (SSSR count). The Hall–Kier alpha value is -1.53. The van der Waals surface area contributed by atoms with E-state index in [0.717, 1.165) is 5.56 Å². The molecule has 0 aliphatic rings. The normalized spacial score (nSPS) is 11.8. The number of ether oxygens (including phenoxy) is 1. The lowest BCUT2D eigenvalue weighted by atomic mass is 10.1. The van der Waals surface area contributed by atoms with Gasteiger partial charge in [-0.15, -0.1) is 0 Å². The van der Waals surface area contributed by atoms with Crippen LogP contribution in [-0.4, -0.2) is 36.5 Å². The third-order valence-electron chi connectivity index (χ3n) is 2.92. The summed E-state index contributed by atoms with van der Waals surface area (Å²) in [7, 11) is 1.31. The number of methoxy groups -OCH3 is 1. The van der Waals surface area contributed by atoms with Gasteiger partial charge in [-0.3, -0.25) is 9.59 Å². The van der Waals surface area contributed by atoms with Crippen LogP contribution in [0.5, 0.6) is 0 Å². The number of hydrogen-bond donors (Lipinski definition) is 2. The van der Waals surface area contributed by atoms with Gasteiger partial charge < -0.3 is 15.8 Å². The first kappa shape index (κ1) is 17.5. The maximum Gasteiger partial charge on any atom is 0.322 e. The molecule has 6 heteroatoms. The van der Waals surface area contributed by atoms with E-state index >= 15 is 0 Å². The quantitative estimate of drug-likeness (QED) is 0.557. The predicted octanol–water partition coefficient (Wildman–Crippen LogP) is 1.23. The van der Waals surface area contributed by atoms with Crippen molar-refractivity contribution in [1.82, 2.24) is 5.32 Å². The molecule has 116 valence electrons. The van der Waals surface area contributed by atoms with Crippen molar-refractivity contribution < 1.29 is 14.3 Å². The van der Waals surface area contributed by atoms with Gasteiger partial charge in [-0.2, -0.15) is 11.8 Å². The van der Waals surface area contributed by atoms with E-state index in [9.17, 15) is 9.59 Å². The smallest absolute Gasteiger partial charge is 0.322 e. The van der Waals surface area contributed by atoms with E-state index in [1.54, 1.807) is 0 Å². The summed E-state index contributed by atoms with van der Waals surface area (Å²) in [4.78, 5) is 22.8. The molecule has 0 bridgehead atoms. The molecule has 1 aromatic rings. The molecule has 0 heterocycles. The van der Waals surface area contributed by atoms with Crippen LogP contribution in [-0.2, 0) is 20.9 Å². The van der Waals surface area contributed by atoms with Gasteiger partial charge >= 0.3 is 5.97 Å². The van der Waals surface area contributed by atoms with Gasteiger partial charge in [-0.05, 0) is 24.7 Å². The fraction of sp³-hybridized carbons (Fsp3) is 0.467. The molecule has 0 radical (unpaired) electrons. The average molecular weight is 310 g/mol. The lowest BCUT2D eigenvalue weighted by Gasteiger charge is -2.09. The predicted molar refractivity (Wildman–Crippen MR) is 85.0 cm³/mol. The Morgan fingerprint density at radius 3 is 2.62 bits per heavy atom. The molecule has 21 heavy (non-hydrogen) atoms. The minimum atomic E-state index is -0.613. The lowest BCUT2D eigenvalue weighted by molar-refractivity contribution is -0.142. The van der Waals surface area contributed by atoms with E-state index in [-0.39, 0.29) is 5.91 Å². The molecule has 0 fully saturated rings. The summed E-state index contributed by atoms with van der Waals surface area (Å²) in [6, 6.07) is 7.42. The van der Waals surface area contributed by atoms with Crippen molar-refractivity contribution in [3.05, 3.63) is 35.4 Å². The topological polar surface area (TPSA) is 81.4 Å². The van der Waals surface area contributed by atoms with Crippen LogP contribution in [0.25, 0.3) is 0 Å².